The van der Waals surface area contributed by atoms with Crippen molar-refractivity contribution in [3.8, 4) is 0 Å². The number of benzene rings is 1. The zero-order valence-electron chi connectivity index (χ0n) is 12.7. The molecule has 0 atom stereocenters. The molecule has 1 N–H and O–H groups in total. The van der Waals surface area contributed by atoms with Crippen molar-refractivity contribution in [2.24, 2.45) is 11.8 Å². The monoisotopic (exact) mass is 280 g/mol. The van der Waals surface area contributed by atoms with Gasteiger partial charge in [-0.15, -0.1) is 0 Å². The number of aliphatic hydroxyl groups is 1. The molecule has 0 fully saturated rings. The summed E-state index contributed by atoms with van der Waals surface area (Å²) in [5, 5.41) is 20.3. The zero-order valence-corrected chi connectivity index (χ0v) is 12.7. The van der Waals surface area contributed by atoms with Crippen LogP contribution in [0, 0.1) is 22.0 Å². The highest BCUT2D eigenvalue weighted by Crippen LogP contribution is 2.27. The third-order valence-electron chi connectivity index (χ3n) is 2.96. The number of nitro groups is 1. The van der Waals surface area contributed by atoms with E-state index in [1.807, 2.05) is 0 Å². The fourth-order valence-corrected chi connectivity index (χ4v) is 2.27. The first-order chi connectivity index (χ1) is 9.35. The van der Waals surface area contributed by atoms with Gasteiger partial charge in [-0.1, -0.05) is 27.7 Å². The molecule has 0 aliphatic rings. The van der Waals surface area contributed by atoms with Crippen LogP contribution in [-0.4, -0.2) is 23.1 Å². The summed E-state index contributed by atoms with van der Waals surface area (Å²) in [6, 6.07) is 4.71. The summed E-state index contributed by atoms with van der Waals surface area (Å²) in [4.78, 5) is 12.6. The van der Waals surface area contributed by atoms with Crippen molar-refractivity contribution in [2.45, 2.75) is 34.3 Å². The lowest BCUT2D eigenvalue weighted by Crippen LogP contribution is -2.32. The van der Waals surface area contributed by atoms with E-state index in [1.165, 1.54) is 12.1 Å². The molecule has 0 aliphatic heterocycles. The Hall–Kier alpha value is -1.62. The first-order valence-electron chi connectivity index (χ1n) is 6.98. The van der Waals surface area contributed by atoms with Crippen LogP contribution in [0.25, 0.3) is 0 Å². The summed E-state index contributed by atoms with van der Waals surface area (Å²) in [5.41, 5.74) is 1.52. The van der Waals surface area contributed by atoms with Crippen LogP contribution in [0.15, 0.2) is 18.2 Å². The quantitative estimate of drug-likeness (QED) is 0.615. The number of hydrogen-bond acceptors (Lipinski definition) is 4. The van der Waals surface area contributed by atoms with E-state index in [0.717, 1.165) is 18.8 Å². The van der Waals surface area contributed by atoms with Gasteiger partial charge in [0.2, 0.25) is 0 Å². The topological polar surface area (TPSA) is 66.6 Å². The van der Waals surface area contributed by atoms with Crippen molar-refractivity contribution in [3.05, 3.63) is 33.9 Å². The molecular formula is C15H24N2O3. The Labute approximate surface area is 120 Å². The highest BCUT2D eigenvalue weighted by molar-refractivity contribution is 5.57. The second-order valence-corrected chi connectivity index (χ2v) is 5.92. The molecule has 0 radical (unpaired) electrons. The molecule has 1 rings (SSSR count). The summed E-state index contributed by atoms with van der Waals surface area (Å²) in [6.45, 7) is 10.1. The van der Waals surface area contributed by atoms with E-state index < -0.39 is 4.92 Å². The summed E-state index contributed by atoms with van der Waals surface area (Å²) >= 11 is 0. The Morgan fingerprint density at radius 1 is 1.20 bits per heavy atom. The maximum absolute atomic E-state index is 10.8. The Morgan fingerprint density at radius 3 is 2.15 bits per heavy atom. The Kier molecular flexibility index (Phi) is 5.95. The molecule has 112 valence electrons. The first-order valence-corrected chi connectivity index (χ1v) is 6.98. The van der Waals surface area contributed by atoms with Crippen LogP contribution in [0.3, 0.4) is 0 Å². The van der Waals surface area contributed by atoms with Crippen molar-refractivity contribution in [2.75, 3.05) is 18.0 Å². The van der Waals surface area contributed by atoms with E-state index in [0.29, 0.717) is 17.4 Å². The van der Waals surface area contributed by atoms with Crippen LogP contribution in [-0.2, 0) is 6.61 Å². The molecule has 0 saturated heterocycles. The average Bonchev–Trinajstić information content (AvgIpc) is 2.35. The molecule has 1 aromatic rings. The molecule has 0 aliphatic carbocycles. The van der Waals surface area contributed by atoms with Gasteiger partial charge in [-0.3, -0.25) is 10.1 Å². The van der Waals surface area contributed by atoms with E-state index in [-0.39, 0.29) is 12.3 Å². The molecule has 0 heterocycles. The van der Waals surface area contributed by atoms with E-state index in [9.17, 15) is 15.2 Å². The predicted molar refractivity (Wildman–Crippen MR) is 80.9 cm³/mol. The standard InChI is InChI=1S/C15H24N2O3/c1-11(2)8-16(9-12(3)4)15-6-5-14(17(19)20)7-13(15)10-18/h5-7,11-12,18H,8-10H2,1-4H3. The van der Waals surface area contributed by atoms with Crippen LogP contribution < -0.4 is 4.90 Å². The van der Waals surface area contributed by atoms with E-state index in [2.05, 4.69) is 32.6 Å². The van der Waals surface area contributed by atoms with Gasteiger partial charge in [0, 0.05) is 36.5 Å². The van der Waals surface area contributed by atoms with Gasteiger partial charge in [0.25, 0.3) is 5.69 Å². The summed E-state index contributed by atoms with van der Waals surface area (Å²) < 4.78 is 0. The van der Waals surface area contributed by atoms with E-state index in [4.69, 9.17) is 0 Å². The lowest BCUT2D eigenvalue weighted by Gasteiger charge is -2.30. The number of hydrogen-bond donors (Lipinski definition) is 1. The number of non-ortho nitro benzene ring substituents is 1. The normalized spacial score (nSPS) is 11.2. The molecule has 5 heteroatoms. The van der Waals surface area contributed by atoms with Crippen LogP contribution in [0.1, 0.15) is 33.3 Å². The second-order valence-electron chi connectivity index (χ2n) is 5.92. The summed E-state index contributed by atoms with van der Waals surface area (Å²) in [6.07, 6.45) is 0. The third-order valence-corrected chi connectivity index (χ3v) is 2.96. The van der Waals surface area contributed by atoms with Gasteiger partial charge in [-0.05, 0) is 17.9 Å². The predicted octanol–water partition coefficient (Wildman–Crippen LogP) is 3.21. The minimum atomic E-state index is -0.432. The lowest BCUT2D eigenvalue weighted by molar-refractivity contribution is -0.384. The minimum absolute atomic E-state index is 0.0202. The largest absolute Gasteiger partial charge is 0.392 e. The summed E-state index contributed by atoms with van der Waals surface area (Å²) in [5.74, 6) is 0.964. The van der Waals surface area contributed by atoms with Gasteiger partial charge in [0.1, 0.15) is 0 Å². The Morgan fingerprint density at radius 2 is 1.75 bits per heavy atom. The van der Waals surface area contributed by atoms with Crippen molar-refractivity contribution >= 4 is 11.4 Å². The SMILES string of the molecule is CC(C)CN(CC(C)C)c1ccc([N+](=O)[O-])cc1CO. The van der Waals surface area contributed by atoms with E-state index >= 15 is 0 Å². The number of nitrogens with zero attached hydrogens (tertiary/aromatic N) is 2. The van der Waals surface area contributed by atoms with Crippen LogP contribution in [0.4, 0.5) is 11.4 Å². The smallest absolute Gasteiger partial charge is 0.269 e. The number of nitro benzene ring substituents is 1. The van der Waals surface area contributed by atoms with Crippen molar-refractivity contribution < 1.29 is 10.0 Å². The number of anilines is 1. The van der Waals surface area contributed by atoms with Crippen molar-refractivity contribution in [1.29, 1.82) is 0 Å². The molecule has 0 spiro atoms. The van der Waals surface area contributed by atoms with Crippen LogP contribution in [0.5, 0.6) is 0 Å². The molecule has 20 heavy (non-hydrogen) atoms. The molecule has 1 aromatic carbocycles. The second kappa shape index (κ2) is 7.24. The lowest BCUT2D eigenvalue weighted by atomic mass is 10.1. The van der Waals surface area contributed by atoms with Crippen LogP contribution in [0.2, 0.25) is 0 Å². The highest BCUT2D eigenvalue weighted by atomic mass is 16.6. The summed E-state index contributed by atoms with van der Waals surface area (Å²) in [7, 11) is 0. The number of aliphatic hydroxyl groups excluding tert-OH is 1. The zero-order chi connectivity index (χ0) is 15.3. The highest BCUT2D eigenvalue weighted by Gasteiger charge is 2.17. The molecule has 0 unspecified atom stereocenters. The molecule has 0 aromatic heterocycles. The molecule has 0 amide bonds. The van der Waals surface area contributed by atoms with Crippen molar-refractivity contribution in [3.63, 3.8) is 0 Å². The van der Waals surface area contributed by atoms with E-state index in [1.54, 1.807) is 6.07 Å². The first kappa shape index (κ1) is 16.4. The van der Waals surface area contributed by atoms with Gasteiger partial charge in [0.05, 0.1) is 11.5 Å². The third kappa shape index (κ3) is 4.49. The Balaban J connectivity index is 3.14. The fourth-order valence-electron chi connectivity index (χ4n) is 2.27. The van der Waals surface area contributed by atoms with Gasteiger partial charge in [-0.2, -0.15) is 0 Å². The molecular weight excluding hydrogens is 256 g/mol. The van der Waals surface area contributed by atoms with Crippen LogP contribution >= 0.6 is 0 Å². The molecule has 0 saturated carbocycles. The number of rotatable bonds is 7. The van der Waals surface area contributed by atoms with Gasteiger partial charge in [0.15, 0.2) is 0 Å². The minimum Gasteiger partial charge on any atom is -0.392 e. The van der Waals surface area contributed by atoms with Gasteiger partial charge >= 0.3 is 0 Å². The maximum Gasteiger partial charge on any atom is 0.269 e. The van der Waals surface area contributed by atoms with Gasteiger partial charge < -0.3 is 10.0 Å². The maximum atomic E-state index is 10.8. The Bertz CT molecular complexity index is 448. The van der Waals surface area contributed by atoms with Crippen molar-refractivity contribution in [1.82, 2.24) is 0 Å². The molecule has 5 nitrogen and oxygen atoms in total. The fraction of sp³-hybridized carbons (Fsp3) is 0.600. The van der Waals surface area contributed by atoms with Gasteiger partial charge in [-0.25, -0.2) is 0 Å². The molecule has 0 bridgehead atoms. The average molecular weight is 280 g/mol.